The van der Waals surface area contributed by atoms with Crippen LogP contribution in [0.3, 0.4) is 0 Å². The Bertz CT molecular complexity index is 229. The Morgan fingerprint density at radius 3 is 1.90 bits per heavy atom. The monoisotopic (exact) mass is 296 g/mol. The second-order valence-corrected chi connectivity index (χ2v) is 3.60. The molecule has 20 heavy (non-hydrogen) atoms. The van der Waals surface area contributed by atoms with Gasteiger partial charge in [-0.3, -0.25) is 9.59 Å². The van der Waals surface area contributed by atoms with Crippen molar-refractivity contribution in [3.8, 4) is 0 Å². The summed E-state index contributed by atoms with van der Waals surface area (Å²) in [5.74, 6) is -1.20. The molecule has 0 bridgehead atoms. The number of hydrogen-bond donors (Lipinski definition) is 4. The van der Waals surface area contributed by atoms with Gasteiger partial charge in [0.15, 0.2) is 0 Å². The molecule has 0 aliphatic heterocycles. The zero-order valence-corrected chi connectivity index (χ0v) is 11.5. The lowest BCUT2D eigenvalue weighted by atomic mass is 10.2. The quantitative estimate of drug-likeness (QED) is 0.286. The minimum atomic E-state index is -0.856. The number of ether oxygens (including phenoxy) is 2. The van der Waals surface area contributed by atoms with Crippen LogP contribution in [0.25, 0.3) is 0 Å². The number of aliphatic carboxylic acids is 1. The van der Waals surface area contributed by atoms with Gasteiger partial charge in [0.2, 0.25) is 0 Å². The molecule has 4 N–H and O–H groups in total. The Balaban J connectivity index is 0. The SMILES string of the molecule is O=C(O)CCCCC(=O)OCCOCCO.OCCO. The topological polar surface area (TPSA) is 134 Å². The number of carbonyl (C=O) groups is 2. The largest absolute Gasteiger partial charge is 0.481 e. The molecule has 0 radical (unpaired) electrons. The van der Waals surface area contributed by atoms with Gasteiger partial charge in [-0.1, -0.05) is 0 Å². The molecule has 0 aromatic rings. The molecule has 0 atom stereocenters. The first-order valence-electron chi connectivity index (χ1n) is 6.36. The van der Waals surface area contributed by atoms with Gasteiger partial charge in [-0.2, -0.15) is 0 Å². The predicted molar refractivity (Wildman–Crippen MR) is 69.1 cm³/mol. The van der Waals surface area contributed by atoms with Crippen molar-refractivity contribution >= 4 is 11.9 Å². The van der Waals surface area contributed by atoms with Crippen molar-refractivity contribution < 1.29 is 39.5 Å². The highest BCUT2D eigenvalue weighted by atomic mass is 16.6. The minimum absolute atomic E-state index is 0.0524. The van der Waals surface area contributed by atoms with E-state index in [0.717, 1.165) is 0 Å². The van der Waals surface area contributed by atoms with Crippen molar-refractivity contribution in [2.75, 3.05) is 39.6 Å². The number of carboxylic acid groups (broad SMARTS) is 1. The van der Waals surface area contributed by atoms with Gasteiger partial charge in [0.1, 0.15) is 6.61 Å². The van der Waals surface area contributed by atoms with Crippen LogP contribution >= 0.6 is 0 Å². The maximum atomic E-state index is 11.0. The summed E-state index contributed by atoms with van der Waals surface area (Å²) in [6, 6.07) is 0. The van der Waals surface area contributed by atoms with Gasteiger partial charge in [0.25, 0.3) is 0 Å². The van der Waals surface area contributed by atoms with Crippen molar-refractivity contribution in [2.24, 2.45) is 0 Å². The third-order valence-electron chi connectivity index (χ3n) is 1.85. The van der Waals surface area contributed by atoms with E-state index in [1.54, 1.807) is 0 Å². The first kappa shape index (κ1) is 21.1. The summed E-state index contributed by atoms with van der Waals surface area (Å²) < 4.78 is 9.69. The van der Waals surface area contributed by atoms with Gasteiger partial charge in [-0.15, -0.1) is 0 Å². The zero-order valence-electron chi connectivity index (χ0n) is 11.5. The fraction of sp³-hybridized carbons (Fsp3) is 0.833. The van der Waals surface area contributed by atoms with Gasteiger partial charge < -0.3 is 29.9 Å². The molecule has 0 aromatic carbocycles. The zero-order chi connectivity index (χ0) is 15.6. The molecule has 0 heterocycles. The molecule has 0 fully saturated rings. The first-order valence-corrected chi connectivity index (χ1v) is 6.36. The fourth-order valence-corrected chi connectivity index (χ4v) is 0.999. The predicted octanol–water partition coefficient (Wildman–Crippen LogP) is -0.845. The highest BCUT2D eigenvalue weighted by molar-refractivity contribution is 5.69. The maximum Gasteiger partial charge on any atom is 0.305 e. The van der Waals surface area contributed by atoms with Crippen LogP contribution in [0.1, 0.15) is 25.7 Å². The average Bonchev–Trinajstić information content (AvgIpc) is 2.43. The molecule has 8 nitrogen and oxygen atoms in total. The van der Waals surface area contributed by atoms with E-state index in [-0.39, 0.29) is 58.5 Å². The summed E-state index contributed by atoms with van der Waals surface area (Å²) in [6.07, 6.45) is 1.30. The summed E-state index contributed by atoms with van der Waals surface area (Å²) in [5.41, 5.74) is 0. The van der Waals surface area contributed by atoms with E-state index in [1.165, 1.54) is 0 Å². The second kappa shape index (κ2) is 17.8. The molecule has 0 aromatic heterocycles. The molecule has 0 aliphatic carbocycles. The molecule has 120 valence electrons. The van der Waals surface area contributed by atoms with Crippen molar-refractivity contribution in [3.05, 3.63) is 0 Å². The lowest BCUT2D eigenvalue weighted by molar-refractivity contribution is -0.145. The molecular weight excluding hydrogens is 272 g/mol. The van der Waals surface area contributed by atoms with Gasteiger partial charge in [0.05, 0.1) is 33.0 Å². The Kier molecular flexibility index (Phi) is 18.7. The van der Waals surface area contributed by atoms with Crippen LogP contribution in [0, 0.1) is 0 Å². The highest BCUT2D eigenvalue weighted by Gasteiger charge is 2.03. The number of carboxylic acids is 1. The third kappa shape index (κ3) is 22.0. The molecule has 0 saturated heterocycles. The van der Waals surface area contributed by atoms with Crippen molar-refractivity contribution in [3.63, 3.8) is 0 Å². The molecular formula is C12H24O8. The van der Waals surface area contributed by atoms with Crippen molar-refractivity contribution in [2.45, 2.75) is 25.7 Å². The van der Waals surface area contributed by atoms with Crippen LogP contribution in [-0.4, -0.2) is 72.0 Å². The molecule has 0 saturated carbocycles. The average molecular weight is 296 g/mol. The van der Waals surface area contributed by atoms with Gasteiger partial charge >= 0.3 is 11.9 Å². The summed E-state index contributed by atoms with van der Waals surface area (Å²) >= 11 is 0. The minimum Gasteiger partial charge on any atom is -0.481 e. The highest BCUT2D eigenvalue weighted by Crippen LogP contribution is 2.01. The van der Waals surface area contributed by atoms with E-state index in [0.29, 0.717) is 12.8 Å². The number of aliphatic hydroxyl groups excluding tert-OH is 3. The van der Waals surface area contributed by atoms with Crippen LogP contribution < -0.4 is 0 Å². The fourth-order valence-electron chi connectivity index (χ4n) is 0.999. The van der Waals surface area contributed by atoms with E-state index < -0.39 is 5.97 Å². The number of carbonyl (C=O) groups excluding carboxylic acids is 1. The number of hydrogen-bond acceptors (Lipinski definition) is 7. The number of esters is 1. The summed E-state index contributed by atoms with van der Waals surface area (Å²) in [6.45, 7) is 0.360. The number of rotatable bonds is 11. The van der Waals surface area contributed by atoms with Crippen LogP contribution in [0.2, 0.25) is 0 Å². The van der Waals surface area contributed by atoms with Gasteiger partial charge in [-0.25, -0.2) is 0 Å². The van der Waals surface area contributed by atoms with Crippen LogP contribution in [0.5, 0.6) is 0 Å². The normalized spacial score (nSPS) is 9.55. The van der Waals surface area contributed by atoms with Crippen LogP contribution in [0.4, 0.5) is 0 Å². The van der Waals surface area contributed by atoms with Crippen LogP contribution in [-0.2, 0) is 19.1 Å². The lowest BCUT2D eigenvalue weighted by Gasteiger charge is -2.04. The van der Waals surface area contributed by atoms with Crippen molar-refractivity contribution in [1.82, 2.24) is 0 Å². The molecule has 0 spiro atoms. The summed E-state index contributed by atoms with van der Waals surface area (Å²) in [7, 11) is 0. The Morgan fingerprint density at radius 1 is 0.800 bits per heavy atom. The standard InChI is InChI=1S/C10H18O6.C2H6O2/c11-5-6-15-7-8-16-10(14)4-2-1-3-9(12)13;3-1-2-4/h11H,1-8H2,(H,12,13);3-4H,1-2H2. The van der Waals surface area contributed by atoms with E-state index >= 15 is 0 Å². The van der Waals surface area contributed by atoms with Crippen molar-refractivity contribution in [1.29, 1.82) is 0 Å². The maximum absolute atomic E-state index is 11.0. The molecule has 8 heteroatoms. The van der Waals surface area contributed by atoms with E-state index in [9.17, 15) is 9.59 Å². The van der Waals surface area contributed by atoms with E-state index in [2.05, 4.69) is 0 Å². The first-order chi connectivity index (χ1) is 9.58. The Hall–Kier alpha value is -1.22. The number of unbranched alkanes of at least 4 members (excludes halogenated alkanes) is 1. The molecule has 0 unspecified atom stereocenters. The van der Waals surface area contributed by atoms with Gasteiger partial charge in [0, 0.05) is 12.8 Å². The summed E-state index contributed by atoms with van der Waals surface area (Å²) in [4.78, 5) is 21.2. The van der Waals surface area contributed by atoms with E-state index in [1.807, 2.05) is 0 Å². The third-order valence-corrected chi connectivity index (χ3v) is 1.85. The lowest BCUT2D eigenvalue weighted by Crippen LogP contribution is -2.11. The summed E-state index contributed by atoms with van der Waals surface area (Å²) in [5, 5.41) is 32.0. The van der Waals surface area contributed by atoms with E-state index in [4.69, 9.17) is 29.9 Å². The smallest absolute Gasteiger partial charge is 0.305 e. The van der Waals surface area contributed by atoms with Gasteiger partial charge in [-0.05, 0) is 12.8 Å². The second-order valence-electron chi connectivity index (χ2n) is 3.60. The number of aliphatic hydroxyl groups is 3. The van der Waals surface area contributed by atoms with Crippen LogP contribution in [0.15, 0.2) is 0 Å². The molecule has 0 rings (SSSR count). The Morgan fingerprint density at radius 2 is 1.40 bits per heavy atom. The molecule has 0 amide bonds. The molecule has 0 aliphatic rings. The Labute approximate surface area is 117 Å².